The van der Waals surface area contributed by atoms with Crippen molar-refractivity contribution < 1.29 is 5.21 Å². The Morgan fingerprint density at radius 2 is 2.19 bits per heavy atom. The number of oxime groups is 1. The average Bonchev–Trinajstić information content (AvgIpc) is 2.61. The van der Waals surface area contributed by atoms with Gasteiger partial charge in [-0.25, -0.2) is 0 Å². The molecule has 0 fully saturated rings. The van der Waals surface area contributed by atoms with Crippen LogP contribution in [0, 0.1) is 0 Å². The largest absolute Gasteiger partial charge is 0.411 e. The van der Waals surface area contributed by atoms with Crippen molar-refractivity contribution in [2.24, 2.45) is 5.16 Å². The molecule has 1 heterocycles. The first-order valence-electron chi connectivity index (χ1n) is 6.18. The van der Waals surface area contributed by atoms with Crippen LogP contribution in [0.3, 0.4) is 0 Å². The smallest absolute Gasteiger partial charge is 0.0879 e. The van der Waals surface area contributed by atoms with Crippen LogP contribution in [0.5, 0.6) is 0 Å². The summed E-state index contributed by atoms with van der Waals surface area (Å²) in [5.41, 5.74) is 2.11. The first-order chi connectivity index (χ1) is 7.85. The minimum Gasteiger partial charge on any atom is -0.411 e. The third-order valence-electron chi connectivity index (χ3n) is 3.14. The maximum atomic E-state index is 9.04. The van der Waals surface area contributed by atoms with Gasteiger partial charge in [-0.15, -0.1) is 11.3 Å². The maximum Gasteiger partial charge on any atom is 0.0879 e. The van der Waals surface area contributed by atoms with Crippen LogP contribution in [0.2, 0.25) is 0 Å². The first-order valence-corrected chi connectivity index (χ1v) is 6.99. The van der Waals surface area contributed by atoms with E-state index >= 15 is 0 Å². The molecule has 0 spiro atoms. The fraction of sp³-hybridized carbons (Fsp3) is 0.615. The minimum absolute atomic E-state index is 0.895. The first kappa shape index (κ1) is 11.6. The SMILES string of the molecule is CCCCc1cc2c(s1)CCCC/C2=N\O. The summed E-state index contributed by atoms with van der Waals surface area (Å²) in [5.74, 6) is 0. The molecule has 16 heavy (non-hydrogen) atoms. The van der Waals surface area contributed by atoms with Gasteiger partial charge in [-0.1, -0.05) is 18.5 Å². The van der Waals surface area contributed by atoms with Crippen molar-refractivity contribution in [1.82, 2.24) is 0 Å². The van der Waals surface area contributed by atoms with E-state index in [-0.39, 0.29) is 0 Å². The number of hydrogen-bond donors (Lipinski definition) is 1. The zero-order chi connectivity index (χ0) is 11.4. The summed E-state index contributed by atoms with van der Waals surface area (Å²) in [6.07, 6.45) is 8.12. The molecule has 88 valence electrons. The maximum absolute atomic E-state index is 9.04. The number of thiophene rings is 1. The molecule has 0 aromatic carbocycles. The molecule has 0 saturated heterocycles. The summed E-state index contributed by atoms with van der Waals surface area (Å²) >= 11 is 1.92. The van der Waals surface area contributed by atoms with E-state index in [9.17, 15) is 0 Å². The molecule has 3 heteroatoms. The molecule has 0 unspecified atom stereocenters. The van der Waals surface area contributed by atoms with Crippen molar-refractivity contribution in [3.63, 3.8) is 0 Å². The van der Waals surface area contributed by atoms with Gasteiger partial charge in [-0.2, -0.15) is 0 Å². The van der Waals surface area contributed by atoms with Gasteiger partial charge in [0.2, 0.25) is 0 Å². The van der Waals surface area contributed by atoms with Crippen molar-refractivity contribution in [3.05, 3.63) is 21.4 Å². The molecule has 1 aliphatic carbocycles. The van der Waals surface area contributed by atoms with Crippen molar-refractivity contribution in [2.45, 2.75) is 51.9 Å². The predicted octanol–water partition coefficient (Wildman–Crippen LogP) is 4.00. The lowest BCUT2D eigenvalue weighted by atomic mass is 10.1. The summed E-state index contributed by atoms with van der Waals surface area (Å²) in [6.45, 7) is 2.22. The Morgan fingerprint density at radius 1 is 1.38 bits per heavy atom. The van der Waals surface area contributed by atoms with Gasteiger partial charge in [0.15, 0.2) is 0 Å². The van der Waals surface area contributed by atoms with Gasteiger partial charge in [0.1, 0.15) is 0 Å². The molecule has 0 aliphatic heterocycles. The Morgan fingerprint density at radius 3 is 2.94 bits per heavy atom. The van der Waals surface area contributed by atoms with Crippen molar-refractivity contribution in [1.29, 1.82) is 0 Å². The predicted molar refractivity (Wildman–Crippen MR) is 68.8 cm³/mol. The molecule has 0 radical (unpaired) electrons. The Kier molecular flexibility index (Phi) is 3.99. The van der Waals surface area contributed by atoms with E-state index < -0.39 is 0 Å². The molecule has 0 bridgehead atoms. The fourth-order valence-corrected chi connectivity index (χ4v) is 3.48. The van der Waals surface area contributed by atoms with E-state index in [4.69, 9.17) is 5.21 Å². The highest BCUT2D eigenvalue weighted by atomic mass is 32.1. The van der Waals surface area contributed by atoms with E-state index in [0.717, 1.165) is 25.0 Å². The molecule has 1 aromatic heterocycles. The molecule has 2 rings (SSSR count). The van der Waals surface area contributed by atoms with Crippen molar-refractivity contribution >= 4 is 17.0 Å². The summed E-state index contributed by atoms with van der Waals surface area (Å²) in [5, 5.41) is 12.5. The second-order valence-electron chi connectivity index (χ2n) is 4.41. The third-order valence-corrected chi connectivity index (χ3v) is 4.39. The van der Waals surface area contributed by atoms with Crippen LogP contribution in [0.4, 0.5) is 0 Å². The number of hydrogen-bond acceptors (Lipinski definition) is 3. The van der Waals surface area contributed by atoms with Crippen LogP contribution in [0.25, 0.3) is 0 Å². The van der Waals surface area contributed by atoms with E-state index in [1.807, 2.05) is 11.3 Å². The van der Waals surface area contributed by atoms with E-state index in [0.29, 0.717) is 0 Å². The number of fused-ring (bicyclic) bond motifs is 1. The highest BCUT2D eigenvalue weighted by molar-refractivity contribution is 7.12. The van der Waals surface area contributed by atoms with Gasteiger partial charge in [-0.3, -0.25) is 0 Å². The normalized spacial score (nSPS) is 18.4. The molecule has 2 nitrogen and oxygen atoms in total. The van der Waals surface area contributed by atoms with Crippen LogP contribution in [-0.2, 0) is 12.8 Å². The quantitative estimate of drug-likeness (QED) is 0.481. The molecule has 0 saturated carbocycles. The Labute approximate surface area is 101 Å². The number of rotatable bonds is 3. The van der Waals surface area contributed by atoms with Gasteiger partial charge >= 0.3 is 0 Å². The summed E-state index contributed by atoms with van der Waals surface area (Å²) < 4.78 is 0. The van der Waals surface area contributed by atoms with Gasteiger partial charge < -0.3 is 5.21 Å². The lowest BCUT2D eigenvalue weighted by Gasteiger charge is -1.98. The molecule has 0 atom stereocenters. The average molecular weight is 237 g/mol. The van der Waals surface area contributed by atoms with E-state index in [1.54, 1.807) is 0 Å². The van der Waals surface area contributed by atoms with Crippen molar-refractivity contribution in [3.8, 4) is 0 Å². The molecule has 1 aliphatic rings. The fourth-order valence-electron chi connectivity index (χ4n) is 2.20. The van der Waals surface area contributed by atoms with Crippen LogP contribution in [0.1, 0.15) is 54.3 Å². The third kappa shape index (κ3) is 2.46. The lowest BCUT2D eigenvalue weighted by molar-refractivity contribution is 0.318. The summed E-state index contributed by atoms with van der Waals surface area (Å²) in [6, 6.07) is 2.25. The van der Waals surface area contributed by atoms with Gasteiger partial charge in [-0.05, 0) is 44.6 Å². The zero-order valence-electron chi connectivity index (χ0n) is 9.83. The number of nitrogens with zero attached hydrogens (tertiary/aromatic N) is 1. The molecular weight excluding hydrogens is 218 g/mol. The van der Waals surface area contributed by atoms with Crippen molar-refractivity contribution in [2.75, 3.05) is 0 Å². The van der Waals surface area contributed by atoms with Crippen LogP contribution >= 0.6 is 11.3 Å². The minimum atomic E-state index is 0.895. The van der Waals surface area contributed by atoms with E-state index in [2.05, 4.69) is 18.1 Å². The second kappa shape index (κ2) is 5.48. The van der Waals surface area contributed by atoms with Crippen LogP contribution in [-0.4, -0.2) is 10.9 Å². The molecule has 0 amide bonds. The Balaban J connectivity index is 2.23. The van der Waals surface area contributed by atoms with E-state index in [1.165, 1.54) is 41.0 Å². The number of aryl methyl sites for hydroxylation is 2. The molecule has 1 N–H and O–H groups in total. The summed E-state index contributed by atoms with van der Waals surface area (Å²) in [7, 11) is 0. The topological polar surface area (TPSA) is 32.6 Å². The Bertz CT molecular complexity index is 381. The molecular formula is C13H19NOS. The lowest BCUT2D eigenvalue weighted by Crippen LogP contribution is -1.98. The van der Waals surface area contributed by atoms with Crippen LogP contribution in [0.15, 0.2) is 11.2 Å². The standard InChI is InChI=1S/C13H19NOS/c1-2-3-6-10-9-11-12(14-15)7-4-5-8-13(11)16-10/h9,15H,2-8H2,1H3/b14-12+. The highest BCUT2D eigenvalue weighted by Crippen LogP contribution is 2.30. The zero-order valence-corrected chi connectivity index (χ0v) is 10.6. The molecule has 1 aromatic rings. The van der Waals surface area contributed by atoms with Gasteiger partial charge in [0.25, 0.3) is 0 Å². The monoisotopic (exact) mass is 237 g/mol. The van der Waals surface area contributed by atoms with Gasteiger partial charge in [0.05, 0.1) is 5.71 Å². The number of unbranched alkanes of at least 4 members (excludes halogenated alkanes) is 1. The Hall–Kier alpha value is -0.830. The summed E-state index contributed by atoms with van der Waals surface area (Å²) in [4.78, 5) is 2.88. The second-order valence-corrected chi connectivity index (χ2v) is 5.63. The van der Waals surface area contributed by atoms with Gasteiger partial charge in [0, 0.05) is 15.3 Å². The highest BCUT2D eigenvalue weighted by Gasteiger charge is 2.17. The van der Waals surface area contributed by atoms with Crippen LogP contribution < -0.4 is 0 Å².